The summed E-state index contributed by atoms with van der Waals surface area (Å²) in [6.07, 6.45) is 0.280. The number of benzene rings is 1. The van der Waals surface area contributed by atoms with Crippen molar-refractivity contribution in [1.29, 1.82) is 0 Å². The van der Waals surface area contributed by atoms with Gasteiger partial charge < -0.3 is 19.1 Å². The van der Waals surface area contributed by atoms with Crippen LogP contribution < -0.4 is 4.74 Å². The van der Waals surface area contributed by atoms with E-state index < -0.39 is 0 Å². The predicted molar refractivity (Wildman–Crippen MR) is 113 cm³/mol. The zero-order valence-electron chi connectivity index (χ0n) is 18.5. The summed E-state index contributed by atoms with van der Waals surface area (Å²) in [5.41, 5.74) is 2.62. The molecule has 0 saturated carbocycles. The highest BCUT2D eigenvalue weighted by atomic mass is 16.5. The van der Waals surface area contributed by atoms with Gasteiger partial charge in [0.2, 0.25) is 5.91 Å². The minimum absolute atomic E-state index is 0.000117. The molecule has 0 spiro atoms. The normalized spacial score (nSPS) is 14.7. The van der Waals surface area contributed by atoms with E-state index in [9.17, 15) is 9.59 Å². The summed E-state index contributed by atoms with van der Waals surface area (Å²) in [6.45, 7) is 12.1. The Hall–Kier alpha value is -2.83. The second kappa shape index (κ2) is 8.90. The van der Waals surface area contributed by atoms with E-state index in [0.29, 0.717) is 31.9 Å². The number of aryl methyl sites for hydroxylation is 2. The molecule has 0 unspecified atom stereocenters. The number of ether oxygens (including phenoxy) is 1. The van der Waals surface area contributed by atoms with Crippen molar-refractivity contribution >= 4 is 11.8 Å². The van der Waals surface area contributed by atoms with E-state index in [-0.39, 0.29) is 30.3 Å². The molecule has 2 amide bonds. The average molecular weight is 414 g/mol. The standard InChI is InChI=1S/C23H31N3O4/c1-16-18(17(2)30-24-16)14-21(27)25-10-12-26(13-11-25)22(28)15-29-20-9-7-6-8-19(20)23(3,4)5/h6-9H,10-15H2,1-5H3. The lowest BCUT2D eigenvalue weighted by atomic mass is 9.86. The Morgan fingerprint density at radius 1 is 1.03 bits per heavy atom. The van der Waals surface area contributed by atoms with E-state index in [0.717, 1.165) is 22.6 Å². The molecule has 0 radical (unpaired) electrons. The zero-order valence-corrected chi connectivity index (χ0v) is 18.5. The third-order valence-electron chi connectivity index (χ3n) is 5.54. The van der Waals surface area contributed by atoms with Gasteiger partial charge in [-0.3, -0.25) is 9.59 Å². The molecule has 1 fully saturated rings. The summed E-state index contributed by atoms with van der Waals surface area (Å²) in [6, 6.07) is 7.83. The number of rotatable bonds is 5. The molecule has 0 N–H and O–H groups in total. The highest BCUT2D eigenvalue weighted by molar-refractivity contribution is 5.81. The Labute approximate surface area is 178 Å². The zero-order chi connectivity index (χ0) is 21.9. The van der Waals surface area contributed by atoms with Crippen molar-refractivity contribution in [2.24, 2.45) is 0 Å². The summed E-state index contributed by atoms with van der Waals surface area (Å²) >= 11 is 0. The summed E-state index contributed by atoms with van der Waals surface area (Å²) in [5, 5.41) is 3.90. The number of hydrogen-bond acceptors (Lipinski definition) is 5. The first-order chi connectivity index (χ1) is 14.2. The molecule has 30 heavy (non-hydrogen) atoms. The van der Waals surface area contributed by atoms with Crippen LogP contribution in [0.15, 0.2) is 28.8 Å². The molecule has 7 nitrogen and oxygen atoms in total. The highest BCUT2D eigenvalue weighted by Crippen LogP contribution is 2.30. The minimum atomic E-state index is -0.0627. The Balaban J connectivity index is 1.51. The van der Waals surface area contributed by atoms with Crippen LogP contribution in [-0.4, -0.2) is 59.6 Å². The van der Waals surface area contributed by atoms with Crippen LogP contribution in [0.3, 0.4) is 0 Å². The second-order valence-electron chi connectivity index (χ2n) is 8.78. The Morgan fingerprint density at radius 2 is 1.63 bits per heavy atom. The van der Waals surface area contributed by atoms with Crippen LogP contribution in [0.1, 0.15) is 43.4 Å². The van der Waals surface area contributed by atoms with Gasteiger partial charge in [-0.25, -0.2) is 0 Å². The van der Waals surface area contributed by atoms with Crippen LogP contribution in [-0.2, 0) is 21.4 Å². The Bertz CT molecular complexity index is 886. The van der Waals surface area contributed by atoms with Gasteiger partial charge in [-0.1, -0.05) is 44.1 Å². The molecule has 1 aromatic carbocycles. The van der Waals surface area contributed by atoms with E-state index in [1.807, 2.05) is 38.1 Å². The van der Waals surface area contributed by atoms with Crippen molar-refractivity contribution in [2.45, 2.75) is 46.5 Å². The Morgan fingerprint density at radius 3 is 2.20 bits per heavy atom. The van der Waals surface area contributed by atoms with Gasteiger partial charge in [0, 0.05) is 31.7 Å². The van der Waals surface area contributed by atoms with E-state index in [2.05, 4.69) is 25.9 Å². The number of para-hydroxylation sites is 1. The number of hydrogen-bond donors (Lipinski definition) is 0. The van der Waals surface area contributed by atoms with Gasteiger partial charge in [0.1, 0.15) is 11.5 Å². The maximum Gasteiger partial charge on any atom is 0.260 e. The van der Waals surface area contributed by atoms with Gasteiger partial charge in [0.25, 0.3) is 5.91 Å². The van der Waals surface area contributed by atoms with Crippen molar-refractivity contribution < 1.29 is 18.8 Å². The molecule has 1 saturated heterocycles. The average Bonchev–Trinajstić information content (AvgIpc) is 3.03. The summed E-state index contributed by atoms with van der Waals surface area (Å²) in [7, 11) is 0. The van der Waals surface area contributed by atoms with Crippen molar-refractivity contribution in [1.82, 2.24) is 15.0 Å². The SMILES string of the molecule is Cc1noc(C)c1CC(=O)N1CCN(C(=O)COc2ccccc2C(C)(C)C)CC1. The summed E-state index contributed by atoms with van der Waals surface area (Å²) in [5.74, 6) is 1.40. The third kappa shape index (κ3) is 5.01. The number of piperazine rings is 1. The number of nitrogens with zero attached hydrogens (tertiary/aromatic N) is 3. The smallest absolute Gasteiger partial charge is 0.260 e. The summed E-state index contributed by atoms with van der Waals surface area (Å²) < 4.78 is 11.0. The van der Waals surface area contributed by atoms with E-state index in [1.54, 1.807) is 9.80 Å². The molecule has 162 valence electrons. The lowest BCUT2D eigenvalue weighted by Crippen LogP contribution is -2.52. The largest absolute Gasteiger partial charge is 0.483 e. The number of amides is 2. The minimum Gasteiger partial charge on any atom is -0.483 e. The molecule has 3 rings (SSSR count). The molecule has 7 heteroatoms. The highest BCUT2D eigenvalue weighted by Gasteiger charge is 2.26. The molecule has 2 heterocycles. The van der Waals surface area contributed by atoms with Gasteiger partial charge in [-0.2, -0.15) is 0 Å². The molecule has 1 aliphatic rings. The molecule has 0 atom stereocenters. The van der Waals surface area contributed by atoms with Crippen LogP contribution in [0, 0.1) is 13.8 Å². The van der Waals surface area contributed by atoms with Gasteiger partial charge in [0.05, 0.1) is 12.1 Å². The van der Waals surface area contributed by atoms with Gasteiger partial charge in [0.15, 0.2) is 6.61 Å². The second-order valence-corrected chi connectivity index (χ2v) is 8.78. The molecule has 0 bridgehead atoms. The maximum absolute atomic E-state index is 12.6. The van der Waals surface area contributed by atoms with E-state index >= 15 is 0 Å². The lowest BCUT2D eigenvalue weighted by Gasteiger charge is -2.35. The van der Waals surface area contributed by atoms with Crippen molar-refractivity contribution in [2.75, 3.05) is 32.8 Å². The molecule has 2 aromatic rings. The number of carbonyl (C=O) groups excluding carboxylic acids is 2. The van der Waals surface area contributed by atoms with E-state index in [1.165, 1.54) is 0 Å². The monoisotopic (exact) mass is 413 g/mol. The van der Waals surface area contributed by atoms with Crippen LogP contribution in [0.5, 0.6) is 5.75 Å². The fourth-order valence-corrected chi connectivity index (χ4v) is 3.67. The maximum atomic E-state index is 12.6. The first-order valence-electron chi connectivity index (χ1n) is 10.4. The Kier molecular flexibility index (Phi) is 6.48. The van der Waals surface area contributed by atoms with Crippen LogP contribution >= 0.6 is 0 Å². The number of carbonyl (C=O) groups is 2. The lowest BCUT2D eigenvalue weighted by molar-refractivity contribution is -0.140. The molecule has 1 aliphatic heterocycles. The fourth-order valence-electron chi connectivity index (χ4n) is 3.67. The van der Waals surface area contributed by atoms with Gasteiger partial charge in [-0.15, -0.1) is 0 Å². The van der Waals surface area contributed by atoms with Crippen molar-refractivity contribution in [3.8, 4) is 5.75 Å². The van der Waals surface area contributed by atoms with Crippen molar-refractivity contribution in [3.05, 3.63) is 46.8 Å². The quantitative estimate of drug-likeness (QED) is 0.753. The molecule has 1 aromatic heterocycles. The molecular weight excluding hydrogens is 382 g/mol. The van der Waals surface area contributed by atoms with Crippen LogP contribution in [0.4, 0.5) is 0 Å². The van der Waals surface area contributed by atoms with Crippen molar-refractivity contribution in [3.63, 3.8) is 0 Å². The molecular formula is C23H31N3O4. The summed E-state index contributed by atoms with van der Waals surface area (Å²) in [4.78, 5) is 28.8. The fraction of sp³-hybridized carbons (Fsp3) is 0.522. The topological polar surface area (TPSA) is 75.9 Å². The first-order valence-corrected chi connectivity index (χ1v) is 10.4. The first kappa shape index (κ1) is 21.9. The van der Waals surface area contributed by atoms with Gasteiger partial charge in [-0.05, 0) is 30.9 Å². The number of aromatic nitrogens is 1. The van der Waals surface area contributed by atoms with Crippen LogP contribution in [0.2, 0.25) is 0 Å². The van der Waals surface area contributed by atoms with Crippen LogP contribution in [0.25, 0.3) is 0 Å². The van der Waals surface area contributed by atoms with E-state index in [4.69, 9.17) is 9.26 Å². The van der Waals surface area contributed by atoms with Gasteiger partial charge >= 0.3 is 0 Å². The third-order valence-corrected chi connectivity index (χ3v) is 5.54. The molecule has 0 aliphatic carbocycles. The predicted octanol–water partition coefficient (Wildman–Crippen LogP) is 2.88.